The summed E-state index contributed by atoms with van der Waals surface area (Å²) >= 11 is 0. The monoisotopic (exact) mass is 236 g/mol. The van der Waals surface area contributed by atoms with Crippen LogP contribution in [0.2, 0.25) is 0 Å². The van der Waals surface area contributed by atoms with Crippen LogP contribution in [0, 0.1) is 0 Å². The highest BCUT2D eigenvalue weighted by Crippen LogP contribution is 2.24. The van der Waals surface area contributed by atoms with Crippen LogP contribution in [-0.4, -0.2) is 24.3 Å². The minimum atomic E-state index is -0.217. The summed E-state index contributed by atoms with van der Waals surface area (Å²) < 4.78 is 11.4. The quantitative estimate of drug-likeness (QED) is 0.519. The van der Waals surface area contributed by atoms with Gasteiger partial charge in [0.05, 0.1) is 12.2 Å². The maximum Gasteiger partial charge on any atom is 0.302 e. The number of ether oxygens (including phenoxy) is 2. The van der Waals surface area contributed by atoms with E-state index in [0.717, 1.165) is 32.1 Å². The third-order valence-corrected chi connectivity index (χ3v) is 3.20. The second-order valence-electron chi connectivity index (χ2n) is 4.65. The lowest BCUT2D eigenvalue weighted by Gasteiger charge is -2.32. The van der Waals surface area contributed by atoms with E-state index in [2.05, 4.69) is 24.3 Å². The van der Waals surface area contributed by atoms with Gasteiger partial charge in [0.25, 0.3) is 0 Å². The van der Waals surface area contributed by atoms with Crippen molar-refractivity contribution in [3.63, 3.8) is 0 Å². The number of hydrogen-bond donors (Lipinski definition) is 0. The second kappa shape index (κ2) is 6.01. The van der Waals surface area contributed by atoms with Gasteiger partial charge in [0.1, 0.15) is 6.10 Å². The lowest BCUT2D eigenvalue weighted by atomic mass is 9.99. The molecule has 0 aromatic heterocycles. The van der Waals surface area contributed by atoms with Crippen molar-refractivity contribution in [1.29, 1.82) is 0 Å². The number of carbonyl (C=O) groups is 1. The molecule has 0 saturated heterocycles. The zero-order valence-corrected chi connectivity index (χ0v) is 10.3. The van der Waals surface area contributed by atoms with Gasteiger partial charge >= 0.3 is 5.97 Å². The Hall–Kier alpha value is -1.09. The Labute approximate surface area is 102 Å². The van der Waals surface area contributed by atoms with Crippen LogP contribution in [0.25, 0.3) is 0 Å². The van der Waals surface area contributed by atoms with Gasteiger partial charge in [-0.2, -0.15) is 0 Å². The lowest BCUT2D eigenvalue weighted by Crippen LogP contribution is -2.37. The highest BCUT2D eigenvalue weighted by atomic mass is 16.6. The number of hydrogen-bond acceptors (Lipinski definition) is 3. The van der Waals surface area contributed by atoms with Crippen molar-refractivity contribution < 1.29 is 14.3 Å². The summed E-state index contributed by atoms with van der Waals surface area (Å²) in [5, 5.41) is 0. The number of rotatable bonds is 1. The van der Waals surface area contributed by atoms with Gasteiger partial charge < -0.3 is 9.47 Å². The Morgan fingerprint density at radius 3 is 2.76 bits per heavy atom. The van der Waals surface area contributed by atoms with E-state index in [9.17, 15) is 4.79 Å². The molecule has 17 heavy (non-hydrogen) atoms. The average molecular weight is 236 g/mol. The highest BCUT2D eigenvalue weighted by molar-refractivity contribution is 5.66. The fourth-order valence-corrected chi connectivity index (χ4v) is 2.38. The second-order valence-corrected chi connectivity index (χ2v) is 4.65. The zero-order chi connectivity index (χ0) is 12.1. The Kier molecular flexibility index (Phi) is 4.37. The van der Waals surface area contributed by atoms with E-state index in [-0.39, 0.29) is 24.3 Å². The molecule has 2 rings (SSSR count). The molecule has 0 radical (unpaired) electrons. The normalized spacial score (nSPS) is 35.0. The molecular formula is C14H20O3. The molecule has 0 aromatic carbocycles. The van der Waals surface area contributed by atoms with Crippen LogP contribution in [0.5, 0.6) is 0 Å². The Morgan fingerprint density at radius 2 is 2.00 bits per heavy atom. The van der Waals surface area contributed by atoms with Crippen LogP contribution in [0.4, 0.5) is 0 Å². The van der Waals surface area contributed by atoms with Gasteiger partial charge in [0.2, 0.25) is 0 Å². The van der Waals surface area contributed by atoms with E-state index in [1.807, 2.05) is 0 Å². The third kappa shape index (κ3) is 3.70. The Morgan fingerprint density at radius 1 is 1.24 bits per heavy atom. The van der Waals surface area contributed by atoms with Crippen molar-refractivity contribution in [3.8, 4) is 0 Å². The van der Waals surface area contributed by atoms with Gasteiger partial charge in [-0.05, 0) is 32.1 Å². The van der Waals surface area contributed by atoms with E-state index >= 15 is 0 Å². The molecule has 0 unspecified atom stereocenters. The Bertz CT molecular complexity index is 319. The molecule has 94 valence electrons. The summed E-state index contributed by atoms with van der Waals surface area (Å²) in [5.41, 5.74) is 0. The average Bonchev–Trinajstić information content (AvgIpc) is 2.31. The summed E-state index contributed by atoms with van der Waals surface area (Å²) in [6, 6.07) is 0. The van der Waals surface area contributed by atoms with E-state index < -0.39 is 0 Å². The molecule has 0 aromatic rings. The smallest absolute Gasteiger partial charge is 0.302 e. The number of allylic oxidation sites excluding steroid dienone is 2. The zero-order valence-electron chi connectivity index (χ0n) is 10.3. The first-order valence-electron chi connectivity index (χ1n) is 6.40. The molecule has 3 atom stereocenters. The van der Waals surface area contributed by atoms with Gasteiger partial charge in [-0.25, -0.2) is 0 Å². The van der Waals surface area contributed by atoms with Crippen LogP contribution in [0.3, 0.4) is 0 Å². The molecule has 2 heterocycles. The van der Waals surface area contributed by atoms with Crippen molar-refractivity contribution in [2.24, 2.45) is 0 Å². The van der Waals surface area contributed by atoms with Crippen LogP contribution in [0.1, 0.15) is 39.0 Å². The standard InChI is InChI=1S/C14H20O3/c1-11(15)16-13-9-5-3-2-4-7-12-8-6-10-14(13)17-12/h2-3,6,8,12-14H,4-5,7,9-10H2,1H3/b3-2-/t12-,13+,14-/m0/s1. The maximum absolute atomic E-state index is 11.1. The number of carbonyl (C=O) groups excluding carboxylic acids is 1. The molecule has 0 spiro atoms. The first kappa shape index (κ1) is 12.4. The van der Waals surface area contributed by atoms with E-state index in [4.69, 9.17) is 9.47 Å². The van der Waals surface area contributed by atoms with Crippen LogP contribution >= 0.6 is 0 Å². The minimum Gasteiger partial charge on any atom is -0.460 e. The largest absolute Gasteiger partial charge is 0.460 e. The van der Waals surface area contributed by atoms with Crippen LogP contribution in [0.15, 0.2) is 24.3 Å². The lowest BCUT2D eigenvalue weighted by molar-refractivity contribution is -0.158. The first-order valence-corrected chi connectivity index (χ1v) is 6.40. The molecule has 0 fully saturated rings. The minimum absolute atomic E-state index is 0.0281. The molecule has 0 amide bonds. The predicted molar refractivity (Wildman–Crippen MR) is 65.6 cm³/mol. The number of esters is 1. The van der Waals surface area contributed by atoms with Crippen molar-refractivity contribution in [1.82, 2.24) is 0 Å². The molecule has 2 aliphatic heterocycles. The molecule has 3 heteroatoms. The fraction of sp³-hybridized carbons (Fsp3) is 0.643. The summed E-state index contributed by atoms with van der Waals surface area (Å²) in [5.74, 6) is -0.217. The third-order valence-electron chi connectivity index (χ3n) is 3.20. The van der Waals surface area contributed by atoms with Crippen molar-refractivity contribution in [3.05, 3.63) is 24.3 Å². The molecule has 0 saturated carbocycles. The summed E-state index contributed by atoms with van der Waals surface area (Å²) in [6.45, 7) is 1.46. The molecule has 2 bridgehead atoms. The number of fused-ring (bicyclic) bond motifs is 2. The first-order chi connectivity index (χ1) is 8.25. The topological polar surface area (TPSA) is 35.5 Å². The van der Waals surface area contributed by atoms with Crippen molar-refractivity contribution in [2.45, 2.75) is 57.3 Å². The van der Waals surface area contributed by atoms with E-state index in [1.54, 1.807) is 0 Å². The molecule has 0 N–H and O–H groups in total. The maximum atomic E-state index is 11.1. The molecule has 0 aliphatic carbocycles. The van der Waals surface area contributed by atoms with Gasteiger partial charge in [0.15, 0.2) is 0 Å². The van der Waals surface area contributed by atoms with E-state index in [1.165, 1.54) is 6.92 Å². The molecule has 2 aliphatic rings. The highest BCUT2D eigenvalue weighted by Gasteiger charge is 2.28. The summed E-state index contributed by atoms with van der Waals surface area (Å²) in [4.78, 5) is 11.1. The predicted octanol–water partition coefficient (Wildman–Crippen LogP) is 2.76. The Balaban J connectivity index is 2.06. The van der Waals surface area contributed by atoms with Crippen molar-refractivity contribution >= 4 is 5.97 Å². The fourth-order valence-electron chi connectivity index (χ4n) is 2.38. The van der Waals surface area contributed by atoms with Crippen LogP contribution < -0.4 is 0 Å². The molecular weight excluding hydrogens is 216 g/mol. The van der Waals surface area contributed by atoms with E-state index in [0.29, 0.717) is 0 Å². The van der Waals surface area contributed by atoms with Gasteiger partial charge in [0, 0.05) is 6.92 Å². The molecule has 3 nitrogen and oxygen atoms in total. The summed E-state index contributed by atoms with van der Waals surface area (Å²) in [7, 11) is 0. The van der Waals surface area contributed by atoms with Gasteiger partial charge in [-0.15, -0.1) is 0 Å². The van der Waals surface area contributed by atoms with Gasteiger partial charge in [-0.3, -0.25) is 4.79 Å². The van der Waals surface area contributed by atoms with Gasteiger partial charge in [-0.1, -0.05) is 24.3 Å². The van der Waals surface area contributed by atoms with Crippen LogP contribution in [-0.2, 0) is 14.3 Å². The summed E-state index contributed by atoms with van der Waals surface area (Å²) in [6.07, 6.45) is 13.5. The SMILES string of the molecule is CC(=O)O[C@@H]1CC/C=C\CC[C@H]2C=CC[C@@H]1O2. The van der Waals surface area contributed by atoms with Crippen molar-refractivity contribution in [2.75, 3.05) is 0 Å².